The second kappa shape index (κ2) is 8.06. The number of hydrogen-bond acceptors (Lipinski definition) is 3. The van der Waals surface area contributed by atoms with Crippen LogP contribution in [0.25, 0.3) is 16.7 Å². The predicted octanol–water partition coefficient (Wildman–Crippen LogP) is 6.24. The largest absolute Gasteiger partial charge is 0.507 e. The molecule has 0 radical (unpaired) electrons. The molecule has 2 heterocycles. The summed E-state index contributed by atoms with van der Waals surface area (Å²) in [5, 5.41) is 12.5. The molecule has 0 bridgehead atoms. The van der Waals surface area contributed by atoms with E-state index in [0.29, 0.717) is 16.5 Å². The van der Waals surface area contributed by atoms with Crippen LogP contribution >= 0.6 is 23.2 Å². The number of Topliss-reactive ketones (excluding diaryl/α,β-unsaturated/α-hetero) is 1. The van der Waals surface area contributed by atoms with Crippen molar-refractivity contribution in [3.05, 3.63) is 105 Å². The number of nitrogens with zero attached hydrogens (tertiary/aromatic N) is 1. The lowest BCUT2D eigenvalue weighted by molar-refractivity contribution is -0.132. The van der Waals surface area contributed by atoms with Gasteiger partial charge in [-0.15, -0.1) is 0 Å². The Morgan fingerprint density at radius 2 is 1.64 bits per heavy atom. The summed E-state index contributed by atoms with van der Waals surface area (Å²) < 4.78 is 13.7. The Balaban J connectivity index is 1.77. The van der Waals surface area contributed by atoms with E-state index in [4.69, 9.17) is 23.2 Å². The van der Waals surface area contributed by atoms with Crippen LogP contribution in [-0.2, 0) is 9.59 Å². The average Bonchev–Trinajstić information content (AvgIpc) is 3.33. The first-order valence-electron chi connectivity index (χ1n) is 9.94. The van der Waals surface area contributed by atoms with Gasteiger partial charge in [-0.1, -0.05) is 53.5 Å². The summed E-state index contributed by atoms with van der Waals surface area (Å²) in [5.41, 5.74) is 1.73. The molecule has 164 valence electrons. The Labute approximate surface area is 197 Å². The third-order valence-electron chi connectivity index (χ3n) is 5.60. The minimum atomic E-state index is -1.02. The van der Waals surface area contributed by atoms with Gasteiger partial charge < -0.3 is 10.1 Å². The van der Waals surface area contributed by atoms with Crippen molar-refractivity contribution in [2.75, 3.05) is 4.90 Å². The number of para-hydroxylation sites is 1. The minimum Gasteiger partial charge on any atom is -0.507 e. The van der Waals surface area contributed by atoms with Gasteiger partial charge in [-0.2, -0.15) is 0 Å². The molecule has 0 aliphatic carbocycles. The normalized spacial score (nSPS) is 17.8. The predicted molar refractivity (Wildman–Crippen MR) is 126 cm³/mol. The van der Waals surface area contributed by atoms with Gasteiger partial charge in [-0.25, -0.2) is 4.39 Å². The number of anilines is 1. The van der Waals surface area contributed by atoms with Crippen LogP contribution in [0.15, 0.2) is 78.5 Å². The summed E-state index contributed by atoms with van der Waals surface area (Å²) in [6.07, 6.45) is 1.57. The lowest BCUT2D eigenvalue weighted by Gasteiger charge is -2.25. The van der Waals surface area contributed by atoms with Crippen molar-refractivity contribution in [1.82, 2.24) is 4.98 Å². The van der Waals surface area contributed by atoms with Crippen LogP contribution in [0.4, 0.5) is 10.1 Å². The fourth-order valence-corrected chi connectivity index (χ4v) is 4.66. The Morgan fingerprint density at radius 3 is 2.33 bits per heavy atom. The van der Waals surface area contributed by atoms with Gasteiger partial charge in [-0.05, 0) is 42.0 Å². The van der Waals surface area contributed by atoms with E-state index < -0.39 is 23.5 Å². The minimum absolute atomic E-state index is 0.118. The maximum atomic E-state index is 13.7. The molecule has 5 nitrogen and oxygen atoms in total. The number of nitrogens with one attached hydrogen (secondary N) is 1. The molecule has 1 aliphatic heterocycles. The zero-order chi connectivity index (χ0) is 23.3. The number of aliphatic hydroxyl groups excluding tert-OH is 1. The van der Waals surface area contributed by atoms with Crippen molar-refractivity contribution >= 4 is 57.2 Å². The van der Waals surface area contributed by atoms with E-state index in [0.717, 1.165) is 5.52 Å². The second-order valence-corrected chi connectivity index (χ2v) is 8.47. The van der Waals surface area contributed by atoms with Crippen molar-refractivity contribution in [2.45, 2.75) is 6.04 Å². The number of carbonyl (C=O) groups excluding carboxylic acids is 2. The van der Waals surface area contributed by atoms with Crippen LogP contribution in [0.2, 0.25) is 10.0 Å². The molecule has 8 heteroatoms. The smallest absolute Gasteiger partial charge is 0.300 e. The topological polar surface area (TPSA) is 73.4 Å². The number of H-pyrrole nitrogens is 1. The number of rotatable bonds is 3. The zero-order valence-electron chi connectivity index (χ0n) is 16.9. The number of amides is 1. The summed E-state index contributed by atoms with van der Waals surface area (Å²) in [6, 6.07) is 16.1. The Hall–Kier alpha value is -3.61. The molecular weight excluding hydrogens is 466 g/mol. The van der Waals surface area contributed by atoms with Crippen LogP contribution < -0.4 is 4.90 Å². The highest BCUT2D eigenvalue weighted by Gasteiger charge is 2.47. The van der Waals surface area contributed by atoms with E-state index in [-0.39, 0.29) is 27.1 Å². The molecule has 5 rings (SSSR count). The molecule has 1 amide bonds. The summed E-state index contributed by atoms with van der Waals surface area (Å²) in [6.45, 7) is 0. The molecule has 1 aromatic heterocycles. The summed E-state index contributed by atoms with van der Waals surface area (Å²) in [5.74, 6) is -2.54. The molecule has 4 aromatic rings. The van der Waals surface area contributed by atoms with Crippen molar-refractivity contribution in [3.8, 4) is 0 Å². The number of aliphatic hydroxyl groups is 1. The molecule has 1 fully saturated rings. The lowest BCUT2D eigenvalue weighted by Crippen LogP contribution is -2.29. The monoisotopic (exact) mass is 480 g/mol. The molecule has 1 atom stereocenters. The van der Waals surface area contributed by atoms with Gasteiger partial charge in [0.1, 0.15) is 11.6 Å². The quantitative estimate of drug-likeness (QED) is 0.207. The molecular formula is C25H15Cl2FN2O3. The maximum Gasteiger partial charge on any atom is 0.300 e. The van der Waals surface area contributed by atoms with E-state index in [1.165, 1.54) is 47.4 Å². The highest BCUT2D eigenvalue weighted by molar-refractivity contribution is 6.52. The number of aromatic nitrogens is 1. The standard InChI is InChI=1S/C25H15Cl2FN2O3/c26-14-9-15(27)11-17(10-14)30-22(13-5-7-16(28)8-6-13)21(24(32)25(30)33)23(31)19-12-29-20-4-2-1-3-18(19)20/h1-12,22,29,31H/b23-21-. The Kier molecular flexibility index (Phi) is 5.19. The third kappa shape index (κ3) is 3.57. The van der Waals surface area contributed by atoms with Gasteiger partial charge in [0.05, 0.1) is 11.6 Å². The SMILES string of the molecule is O=C1C(=O)N(c2cc(Cl)cc(Cl)c2)C(c2ccc(F)cc2)/C1=C(/O)c1c[nH]c2ccccc12. The van der Waals surface area contributed by atoms with E-state index in [1.54, 1.807) is 18.3 Å². The molecule has 1 aliphatic rings. The molecule has 1 saturated heterocycles. The number of benzene rings is 3. The molecule has 33 heavy (non-hydrogen) atoms. The number of carbonyl (C=O) groups is 2. The molecule has 1 unspecified atom stereocenters. The first kappa shape index (κ1) is 21.2. The van der Waals surface area contributed by atoms with Gasteiger partial charge in [0.2, 0.25) is 0 Å². The van der Waals surface area contributed by atoms with E-state index >= 15 is 0 Å². The summed E-state index contributed by atoms with van der Waals surface area (Å²) in [7, 11) is 0. The van der Waals surface area contributed by atoms with Crippen molar-refractivity contribution < 1.29 is 19.1 Å². The number of fused-ring (bicyclic) bond motifs is 1. The highest BCUT2D eigenvalue weighted by atomic mass is 35.5. The molecule has 0 spiro atoms. The molecule has 0 saturated carbocycles. The molecule has 2 N–H and O–H groups in total. The van der Waals surface area contributed by atoms with Gasteiger partial charge in [0, 0.05) is 38.4 Å². The van der Waals surface area contributed by atoms with Crippen molar-refractivity contribution in [2.24, 2.45) is 0 Å². The number of halogens is 3. The van der Waals surface area contributed by atoms with Crippen LogP contribution in [-0.4, -0.2) is 21.8 Å². The fourth-order valence-electron chi connectivity index (χ4n) is 4.15. The van der Waals surface area contributed by atoms with Gasteiger partial charge in [0.15, 0.2) is 0 Å². The fraction of sp³-hybridized carbons (Fsp3) is 0.0400. The number of ketones is 1. The van der Waals surface area contributed by atoms with Gasteiger partial charge >= 0.3 is 0 Å². The highest BCUT2D eigenvalue weighted by Crippen LogP contribution is 2.44. The Bertz CT molecular complexity index is 1440. The van der Waals surface area contributed by atoms with E-state index in [2.05, 4.69) is 4.98 Å². The average molecular weight is 481 g/mol. The van der Waals surface area contributed by atoms with Gasteiger partial charge in [0.25, 0.3) is 11.7 Å². The van der Waals surface area contributed by atoms with E-state index in [9.17, 15) is 19.1 Å². The van der Waals surface area contributed by atoms with Gasteiger partial charge in [-0.3, -0.25) is 14.5 Å². The van der Waals surface area contributed by atoms with Crippen LogP contribution in [0, 0.1) is 5.82 Å². The first-order chi connectivity index (χ1) is 15.8. The van der Waals surface area contributed by atoms with Crippen LogP contribution in [0.3, 0.4) is 0 Å². The third-order valence-corrected chi connectivity index (χ3v) is 6.04. The summed E-state index contributed by atoms with van der Waals surface area (Å²) in [4.78, 5) is 30.7. The zero-order valence-corrected chi connectivity index (χ0v) is 18.4. The molecule has 3 aromatic carbocycles. The summed E-state index contributed by atoms with van der Waals surface area (Å²) >= 11 is 12.3. The number of hydrogen-bond donors (Lipinski definition) is 2. The second-order valence-electron chi connectivity index (χ2n) is 7.60. The Morgan fingerprint density at radius 1 is 0.970 bits per heavy atom. The van der Waals surface area contributed by atoms with Crippen molar-refractivity contribution in [1.29, 1.82) is 0 Å². The lowest BCUT2D eigenvalue weighted by atomic mass is 9.95. The maximum absolute atomic E-state index is 13.7. The van der Waals surface area contributed by atoms with Crippen LogP contribution in [0.5, 0.6) is 0 Å². The van der Waals surface area contributed by atoms with Crippen LogP contribution in [0.1, 0.15) is 17.2 Å². The van der Waals surface area contributed by atoms with Crippen molar-refractivity contribution in [3.63, 3.8) is 0 Å². The first-order valence-corrected chi connectivity index (χ1v) is 10.7. The van der Waals surface area contributed by atoms with E-state index in [1.807, 2.05) is 12.1 Å². The number of aromatic amines is 1.